The van der Waals surface area contributed by atoms with Crippen LogP contribution in [0.2, 0.25) is 0 Å². The van der Waals surface area contributed by atoms with Crippen LogP contribution in [-0.4, -0.2) is 79.9 Å². The molecule has 0 spiro atoms. The van der Waals surface area contributed by atoms with E-state index in [-0.39, 0.29) is 30.7 Å². The zero-order valence-corrected chi connectivity index (χ0v) is 18.9. The van der Waals surface area contributed by atoms with E-state index in [0.717, 1.165) is 12.1 Å². The molecule has 0 bridgehead atoms. The van der Waals surface area contributed by atoms with Crippen molar-refractivity contribution in [2.75, 3.05) is 51.3 Å². The average molecular weight is 451 g/mol. The van der Waals surface area contributed by atoms with Crippen LogP contribution in [0.25, 0.3) is 0 Å². The van der Waals surface area contributed by atoms with Crippen molar-refractivity contribution >= 4 is 23.4 Å². The summed E-state index contributed by atoms with van der Waals surface area (Å²) in [4.78, 5) is 43.7. The summed E-state index contributed by atoms with van der Waals surface area (Å²) in [7, 11) is 1.59. The predicted octanol–water partition coefficient (Wildman–Crippen LogP) is 1.30. The first kappa shape index (κ1) is 22.8. The number of rotatable bonds is 7. The Kier molecular flexibility index (Phi) is 7.24. The summed E-state index contributed by atoms with van der Waals surface area (Å²) in [6, 6.07) is 16.9. The number of hydrogen-bond donors (Lipinski definition) is 1. The number of amides is 3. The minimum absolute atomic E-state index is 0.00833. The van der Waals surface area contributed by atoms with Crippen molar-refractivity contribution in [3.05, 3.63) is 60.2 Å². The van der Waals surface area contributed by atoms with E-state index < -0.39 is 6.04 Å². The number of piperazine rings is 2. The third kappa shape index (κ3) is 5.51. The van der Waals surface area contributed by atoms with Gasteiger partial charge in [-0.1, -0.05) is 36.4 Å². The number of nitrogens with one attached hydrogen (secondary N) is 1. The molecular formula is C25H30N4O4. The SMILES string of the molecule is COc1cccc(N2CCN(C(=O)CC3C(=O)NCCN3CCc3ccccc3)CC2=O)c1. The summed E-state index contributed by atoms with van der Waals surface area (Å²) < 4.78 is 5.25. The van der Waals surface area contributed by atoms with Gasteiger partial charge in [-0.2, -0.15) is 0 Å². The lowest BCUT2D eigenvalue weighted by Gasteiger charge is -2.38. The van der Waals surface area contributed by atoms with Crippen LogP contribution in [0.1, 0.15) is 12.0 Å². The molecule has 2 aliphatic rings. The predicted molar refractivity (Wildman–Crippen MR) is 125 cm³/mol. The monoisotopic (exact) mass is 450 g/mol. The van der Waals surface area contributed by atoms with E-state index >= 15 is 0 Å². The van der Waals surface area contributed by atoms with E-state index in [9.17, 15) is 14.4 Å². The number of benzene rings is 2. The highest BCUT2D eigenvalue weighted by atomic mass is 16.5. The lowest BCUT2D eigenvalue weighted by molar-refractivity contribution is -0.141. The van der Waals surface area contributed by atoms with Crippen LogP contribution in [0.5, 0.6) is 5.75 Å². The van der Waals surface area contributed by atoms with E-state index in [1.165, 1.54) is 5.56 Å². The quantitative estimate of drug-likeness (QED) is 0.688. The zero-order valence-electron chi connectivity index (χ0n) is 18.9. The number of carbonyl (C=O) groups excluding carboxylic acids is 3. The standard InChI is InChI=1S/C25H30N4O4/c1-33-21-9-5-8-20(16-21)29-15-14-28(18-24(29)31)23(30)17-22-25(32)26-11-13-27(22)12-10-19-6-3-2-4-7-19/h2-9,16,22H,10-15,17-18H2,1H3,(H,26,32). The molecular weight excluding hydrogens is 420 g/mol. The van der Waals surface area contributed by atoms with Crippen LogP contribution in [0.3, 0.4) is 0 Å². The summed E-state index contributed by atoms with van der Waals surface area (Å²) in [5.41, 5.74) is 1.96. The molecule has 4 rings (SSSR count). The van der Waals surface area contributed by atoms with Gasteiger partial charge >= 0.3 is 0 Å². The molecule has 174 valence electrons. The number of ether oxygens (including phenoxy) is 1. The molecule has 33 heavy (non-hydrogen) atoms. The molecule has 0 radical (unpaired) electrons. The van der Waals surface area contributed by atoms with E-state index in [4.69, 9.17) is 4.74 Å². The molecule has 2 fully saturated rings. The lowest BCUT2D eigenvalue weighted by Crippen LogP contribution is -2.58. The Morgan fingerprint density at radius 1 is 1.06 bits per heavy atom. The zero-order chi connectivity index (χ0) is 23.2. The first-order chi connectivity index (χ1) is 16.0. The molecule has 0 saturated carbocycles. The fraction of sp³-hybridized carbons (Fsp3) is 0.400. The minimum atomic E-state index is -0.513. The van der Waals surface area contributed by atoms with Crippen LogP contribution in [0.15, 0.2) is 54.6 Å². The van der Waals surface area contributed by atoms with Gasteiger partial charge in [0.25, 0.3) is 0 Å². The molecule has 3 amide bonds. The van der Waals surface area contributed by atoms with Gasteiger partial charge in [0, 0.05) is 44.5 Å². The summed E-state index contributed by atoms with van der Waals surface area (Å²) in [6.45, 7) is 2.84. The van der Waals surface area contributed by atoms with Gasteiger partial charge in [-0.15, -0.1) is 0 Å². The van der Waals surface area contributed by atoms with Crippen LogP contribution < -0.4 is 15.0 Å². The Bertz CT molecular complexity index is 997. The van der Waals surface area contributed by atoms with Crippen molar-refractivity contribution in [1.82, 2.24) is 15.1 Å². The van der Waals surface area contributed by atoms with E-state index in [1.807, 2.05) is 42.5 Å². The second-order valence-corrected chi connectivity index (χ2v) is 8.34. The van der Waals surface area contributed by atoms with Gasteiger partial charge < -0.3 is 19.9 Å². The Morgan fingerprint density at radius 2 is 1.88 bits per heavy atom. The highest BCUT2D eigenvalue weighted by molar-refractivity contribution is 5.98. The summed E-state index contributed by atoms with van der Waals surface area (Å²) in [5, 5.41) is 2.88. The van der Waals surface area contributed by atoms with Gasteiger partial charge in [-0.3, -0.25) is 19.3 Å². The van der Waals surface area contributed by atoms with Gasteiger partial charge in [-0.05, 0) is 24.1 Å². The van der Waals surface area contributed by atoms with Crippen molar-refractivity contribution in [2.24, 2.45) is 0 Å². The van der Waals surface area contributed by atoms with Gasteiger partial charge in [0.15, 0.2) is 0 Å². The van der Waals surface area contributed by atoms with Crippen molar-refractivity contribution in [3.8, 4) is 5.75 Å². The Labute approximate surface area is 194 Å². The van der Waals surface area contributed by atoms with E-state index in [0.29, 0.717) is 38.5 Å². The lowest BCUT2D eigenvalue weighted by atomic mass is 10.1. The van der Waals surface area contributed by atoms with Crippen LogP contribution in [-0.2, 0) is 20.8 Å². The number of hydrogen-bond acceptors (Lipinski definition) is 5. The first-order valence-corrected chi connectivity index (χ1v) is 11.3. The Balaban J connectivity index is 1.36. The normalized spacial score (nSPS) is 19.4. The maximum atomic E-state index is 13.0. The molecule has 1 N–H and O–H groups in total. The molecule has 1 atom stereocenters. The van der Waals surface area contributed by atoms with Gasteiger partial charge in [-0.25, -0.2) is 0 Å². The van der Waals surface area contributed by atoms with Gasteiger partial charge in [0.05, 0.1) is 19.6 Å². The highest BCUT2D eigenvalue weighted by Crippen LogP contribution is 2.23. The molecule has 8 nitrogen and oxygen atoms in total. The Hall–Kier alpha value is -3.39. The van der Waals surface area contributed by atoms with Crippen molar-refractivity contribution < 1.29 is 19.1 Å². The van der Waals surface area contributed by atoms with Crippen molar-refractivity contribution in [2.45, 2.75) is 18.9 Å². The Morgan fingerprint density at radius 3 is 2.64 bits per heavy atom. The van der Waals surface area contributed by atoms with Crippen LogP contribution >= 0.6 is 0 Å². The average Bonchev–Trinajstić information content (AvgIpc) is 2.85. The largest absolute Gasteiger partial charge is 0.497 e. The first-order valence-electron chi connectivity index (χ1n) is 11.3. The number of anilines is 1. The third-order valence-corrected chi connectivity index (χ3v) is 6.28. The molecule has 2 saturated heterocycles. The summed E-state index contributed by atoms with van der Waals surface area (Å²) in [6.07, 6.45) is 0.892. The van der Waals surface area contributed by atoms with Crippen LogP contribution in [0.4, 0.5) is 5.69 Å². The number of carbonyl (C=O) groups is 3. The maximum Gasteiger partial charge on any atom is 0.246 e. The number of nitrogens with zero attached hydrogens (tertiary/aromatic N) is 3. The molecule has 0 aliphatic carbocycles. The molecule has 8 heteroatoms. The molecule has 2 aromatic rings. The van der Waals surface area contributed by atoms with Crippen molar-refractivity contribution in [3.63, 3.8) is 0 Å². The second-order valence-electron chi connectivity index (χ2n) is 8.34. The van der Waals surface area contributed by atoms with Crippen molar-refractivity contribution in [1.29, 1.82) is 0 Å². The van der Waals surface area contributed by atoms with Gasteiger partial charge in [0.2, 0.25) is 17.7 Å². The molecule has 2 aromatic carbocycles. The number of methoxy groups -OCH3 is 1. The molecule has 2 heterocycles. The molecule has 2 aliphatic heterocycles. The van der Waals surface area contributed by atoms with E-state index in [2.05, 4.69) is 22.3 Å². The molecule has 0 aromatic heterocycles. The minimum Gasteiger partial charge on any atom is -0.497 e. The summed E-state index contributed by atoms with van der Waals surface area (Å²) in [5.74, 6) is 0.249. The smallest absolute Gasteiger partial charge is 0.246 e. The fourth-order valence-electron chi connectivity index (χ4n) is 4.40. The summed E-state index contributed by atoms with van der Waals surface area (Å²) >= 11 is 0. The highest BCUT2D eigenvalue weighted by Gasteiger charge is 2.35. The van der Waals surface area contributed by atoms with Crippen LogP contribution in [0, 0.1) is 0 Å². The molecule has 1 unspecified atom stereocenters. The topological polar surface area (TPSA) is 82.2 Å². The second kappa shape index (κ2) is 10.5. The third-order valence-electron chi connectivity index (χ3n) is 6.28. The van der Waals surface area contributed by atoms with E-state index in [1.54, 1.807) is 16.9 Å². The maximum absolute atomic E-state index is 13.0. The van der Waals surface area contributed by atoms with Gasteiger partial charge in [0.1, 0.15) is 12.3 Å². The fourth-order valence-corrected chi connectivity index (χ4v) is 4.40.